The molecule has 0 saturated heterocycles. The Labute approximate surface area is 94.8 Å². The Hall–Kier alpha value is -0.0800. The molecule has 0 spiro atoms. The van der Waals surface area contributed by atoms with Crippen LogP contribution in [0.2, 0.25) is 0 Å². The van der Waals surface area contributed by atoms with E-state index in [0.29, 0.717) is 0 Å². The van der Waals surface area contributed by atoms with Crippen molar-refractivity contribution in [2.24, 2.45) is 11.8 Å². The lowest BCUT2D eigenvalue weighted by atomic mass is 9.77. The molecule has 1 saturated carbocycles. The quantitative estimate of drug-likeness (QED) is 0.732. The molecule has 0 aliphatic heterocycles. The first-order valence-corrected chi connectivity index (χ1v) is 6.50. The van der Waals surface area contributed by atoms with E-state index in [-0.39, 0.29) is 0 Å². The molecule has 0 bridgehead atoms. The van der Waals surface area contributed by atoms with Gasteiger partial charge in [-0.15, -0.1) is 0 Å². The highest BCUT2D eigenvalue weighted by atomic mass is 16.5. The Morgan fingerprint density at radius 1 is 1.40 bits per heavy atom. The van der Waals surface area contributed by atoms with Gasteiger partial charge in [0.1, 0.15) is 0 Å². The number of nitrogens with one attached hydrogen (secondary N) is 1. The molecular formula is C13H27NO. The van der Waals surface area contributed by atoms with Crippen molar-refractivity contribution in [2.75, 3.05) is 20.3 Å². The predicted molar refractivity (Wildman–Crippen MR) is 65.1 cm³/mol. The van der Waals surface area contributed by atoms with Crippen molar-refractivity contribution in [3.05, 3.63) is 0 Å². The number of rotatable bonds is 6. The first-order chi connectivity index (χ1) is 7.27. The van der Waals surface area contributed by atoms with E-state index in [4.69, 9.17) is 4.74 Å². The van der Waals surface area contributed by atoms with Crippen LogP contribution in [-0.4, -0.2) is 26.3 Å². The van der Waals surface area contributed by atoms with Gasteiger partial charge in [0.2, 0.25) is 0 Å². The van der Waals surface area contributed by atoms with E-state index >= 15 is 0 Å². The Kier molecular flexibility index (Phi) is 6.26. The van der Waals surface area contributed by atoms with Crippen LogP contribution in [-0.2, 0) is 4.74 Å². The zero-order valence-electron chi connectivity index (χ0n) is 10.6. The minimum Gasteiger partial charge on any atom is -0.385 e. The van der Waals surface area contributed by atoms with Gasteiger partial charge < -0.3 is 10.1 Å². The number of methoxy groups -OCH3 is 1. The maximum atomic E-state index is 5.16. The van der Waals surface area contributed by atoms with Gasteiger partial charge in [-0.1, -0.05) is 26.7 Å². The topological polar surface area (TPSA) is 21.3 Å². The van der Waals surface area contributed by atoms with E-state index in [9.17, 15) is 0 Å². The summed E-state index contributed by atoms with van der Waals surface area (Å²) in [6.45, 7) is 6.63. The normalized spacial score (nSPS) is 29.0. The fourth-order valence-corrected chi connectivity index (χ4v) is 2.76. The monoisotopic (exact) mass is 213 g/mol. The second-order valence-corrected chi connectivity index (χ2v) is 4.94. The maximum absolute atomic E-state index is 5.16. The summed E-state index contributed by atoms with van der Waals surface area (Å²) in [6.07, 6.45) is 6.80. The van der Waals surface area contributed by atoms with Crippen LogP contribution < -0.4 is 5.32 Å². The van der Waals surface area contributed by atoms with Gasteiger partial charge in [-0.25, -0.2) is 0 Å². The first-order valence-electron chi connectivity index (χ1n) is 6.50. The highest BCUT2D eigenvalue weighted by Crippen LogP contribution is 2.31. The van der Waals surface area contributed by atoms with Crippen LogP contribution in [0.1, 0.15) is 46.0 Å². The van der Waals surface area contributed by atoms with Crippen molar-refractivity contribution in [3.8, 4) is 0 Å². The molecule has 0 amide bonds. The fourth-order valence-electron chi connectivity index (χ4n) is 2.76. The van der Waals surface area contributed by atoms with Gasteiger partial charge >= 0.3 is 0 Å². The molecule has 0 radical (unpaired) electrons. The van der Waals surface area contributed by atoms with Crippen molar-refractivity contribution >= 4 is 0 Å². The molecule has 0 heterocycles. The van der Waals surface area contributed by atoms with Gasteiger partial charge in [-0.3, -0.25) is 0 Å². The Morgan fingerprint density at radius 2 is 2.20 bits per heavy atom. The van der Waals surface area contributed by atoms with Crippen molar-refractivity contribution in [3.63, 3.8) is 0 Å². The molecule has 1 N–H and O–H groups in total. The standard InChI is InChI=1S/C13H27NO/c1-4-14-13-7-5-6-12(10-13)11(2)8-9-15-3/h11-14H,4-10H2,1-3H3. The average molecular weight is 213 g/mol. The Morgan fingerprint density at radius 3 is 2.87 bits per heavy atom. The summed E-state index contributed by atoms with van der Waals surface area (Å²) < 4.78 is 5.16. The van der Waals surface area contributed by atoms with Gasteiger partial charge in [-0.2, -0.15) is 0 Å². The molecule has 0 aromatic carbocycles. The summed E-state index contributed by atoms with van der Waals surface area (Å²) in [4.78, 5) is 0. The summed E-state index contributed by atoms with van der Waals surface area (Å²) in [7, 11) is 1.80. The van der Waals surface area contributed by atoms with Crippen LogP contribution in [0.15, 0.2) is 0 Å². The lowest BCUT2D eigenvalue weighted by Crippen LogP contribution is -2.35. The number of hydrogen-bond donors (Lipinski definition) is 1. The van der Waals surface area contributed by atoms with Crippen LogP contribution in [0.25, 0.3) is 0 Å². The van der Waals surface area contributed by atoms with Crippen molar-refractivity contribution < 1.29 is 4.74 Å². The third kappa shape index (κ3) is 4.52. The molecule has 3 atom stereocenters. The highest BCUT2D eigenvalue weighted by molar-refractivity contribution is 4.80. The van der Waals surface area contributed by atoms with Gasteiger partial charge in [0, 0.05) is 19.8 Å². The van der Waals surface area contributed by atoms with Crippen LogP contribution in [0.4, 0.5) is 0 Å². The van der Waals surface area contributed by atoms with Crippen molar-refractivity contribution in [2.45, 2.75) is 52.0 Å². The zero-order valence-corrected chi connectivity index (χ0v) is 10.6. The van der Waals surface area contributed by atoms with E-state index in [1.54, 1.807) is 7.11 Å². The molecule has 0 aromatic rings. The fraction of sp³-hybridized carbons (Fsp3) is 1.00. The number of ether oxygens (including phenoxy) is 1. The summed E-state index contributed by atoms with van der Waals surface area (Å²) in [6, 6.07) is 0.777. The molecular weight excluding hydrogens is 186 g/mol. The largest absolute Gasteiger partial charge is 0.385 e. The third-order valence-electron chi connectivity index (χ3n) is 3.79. The van der Waals surface area contributed by atoms with Gasteiger partial charge in [0.05, 0.1) is 0 Å². The average Bonchev–Trinajstić information content (AvgIpc) is 2.27. The molecule has 1 aliphatic rings. The van der Waals surface area contributed by atoms with Crippen LogP contribution >= 0.6 is 0 Å². The van der Waals surface area contributed by atoms with Crippen molar-refractivity contribution in [1.82, 2.24) is 5.32 Å². The highest BCUT2D eigenvalue weighted by Gasteiger charge is 2.25. The van der Waals surface area contributed by atoms with Crippen LogP contribution in [0.3, 0.4) is 0 Å². The summed E-state index contributed by atoms with van der Waals surface area (Å²) >= 11 is 0. The zero-order chi connectivity index (χ0) is 11.1. The molecule has 1 fully saturated rings. The molecule has 2 nitrogen and oxygen atoms in total. The summed E-state index contributed by atoms with van der Waals surface area (Å²) in [5.74, 6) is 1.74. The summed E-state index contributed by atoms with van der Waals surface area (Å²) in [5, 5.41) is 3.59. The second kappa shape index (κ2) is 7.24. The molecule has 90 valence electrons. The molecule has 1 rings (SSSR count). The van der Waals surface area contributed by atoms with E-state index in [1.165, 1.54) is 32.1 Å². The van der Waals surface area contributed by atoms with Crippen LogP contribution in [0, 0.1) is 11.8 Å². The predicted octanol–water partition coefficient (Wildman–Crippen LogP) is 2.83. The lowest BCUT2D eigenvalue weighted by molar-refractivity contribution is 0.145. The van der Waals surface area contributed by atoms with Gasteiger partial charge in [0.25, 0.3) is 0 Å². The number of hydrogen-bond acceptors (Lipinski definition) is 2. The van der Waals surface area contributed by atoms with Gasteiger partial charge in [0.15, 0.2) is 0 Å². The van der Waals surface area contributed by atoms with E-state index < -0.39 is 0 Å². The van der Waals surface area contributed by atoms with Gasteiger partial charge in [-0.05, 0) is 37.6 Å². The Bertz CT molecular complexity index is 159. The smallest absolute Gasteiger partial charge is 0.0464 e. The maximum Gasteiger partial charge on any atom is 0.0464 e. The molecule has 15 heavy (non-hydrogen) atoms. The van der Waals surface area contributed by atoms with E-state index in [2.05, 4.69) is 19.2 Å². The molecule has 1 aliphatic carbocycles. The first kappa shape index (κ1) is 13.0. The van der Waals surface area contributed by atoms with Crippen LogP contribution in [0.5, 0.6) is 0 Å². The Balaban J connectivity index is 2.27. The van der Waals surface area contributed by atoms with Crippen molar-refractivity contribution in [1.29, 1.82) is 0 Å². The molecule has 3 unspecified atom stereocenters. The summed E-state index contributed by atoms with van der Waals surface area (Å²) in [5.41, 5.74) is 0. The van der Waals surface area contributed by atoms with E-state index in [0.717, 1.165) is 31.0 Å². The molecule has 0 aromatic heterocycles. The van der Waals surface area contributed by atoms with E-state index in [1.807, 2.05) is 0 Å². The third-order valence-corrected chi connectivity index (χ3v) is 3.79. The minimum absolute atomic E-state index is 0.777. The minimum atomic E-state index is 0.777. The molecule has 2 heteroatoms. The second-order valence-electron chi connectivity index (χ2n) is 4.94. The lowest BCUT2D eigenvalue weighted by Gasteiger charge is -2.33. The SMILES string of the molecule is CCNC1CCCC(C(C)CCOC)C1.